The van der Waals surface area contributed by atoms with Crippen LogP contribution in [0, 0.1) is 0 Å². The molecule has 0 amide bonds. The average molecular weight is 258 g/mol. The van der Waals surface area contributed by atoms with Gasteiger partial charge in [0.05, 0.1) is 6.61 Å². The maximum Gasteiger partial charge on any atom is 0.347 e. The molecule has 5 heteroatoms. The number of epoxide rings is 1. The number of hydrogen-bond acceptors (Lipinski definition) is 5. The fourth-order valence-electron chi connectivity index (χ4n) is 1.46. The Kier molecular flexibility index (Phi) is 6.72. The lowest BCUT2D eigenvalue weighted by molar-refractivity contribution is -0.166. The molecule has 0 saturated carbocycles. The van der Waals surface area contributed by atoms with Crippen molar-refractivity contribution in [2.24, 2.45) is 0 Å². The zero-order valence-corrected chi connectivity index (χ0v) is 11.1. The van der Waals surface area contributed by atoms with Crippen molar-refractivity contribution in [3.8, 4) is 0 Å². The van der Waals surface area contributed by atoms with Crippen LogP contribution < -0.4 is 0 Å². The van der Waals surface area contributed by atoms with Crippen LogP contribution in [0.15, 0.2) is 0 Å². The SMILES string of the molecule is CCCCCCC(=O)OC(C)C(=O)OCC1CO1. The Morgan fingerprint density at radius 2 is 2.06 bits per heavy atom. The fourth-order valence-corrected chi connectivity index (χ4v) is 1.46. The van der Waals surface area contributed by atoms with E-state index in [1.807, 2.05) is 0 Å². The molecule has 0 aromatic carbocycles. The van der Waals surface area contributed by atoms with E-state index >= 15 is 0 Å². The number of carbonyl (C=O) groups excluding carboxylic acids is 2. The Bertz CT molecular complexity index is 273. The molecule has 5 nitrogen and oxygen atoms in total. The molecule has 2 atom stereocenters. The third-order valence-corrected chi connectivity index (χ3v) is 2.69. The topological polar surface area (TPSA) is 65.1 Å². The summed E-state index contributed by atoms with van der Waals surface area (Å²) in [5, 5.41) is 0. The van der Waals surface area contributed by atoms with Crippen molar-refractivity contribution < 1.29 is 23.8 Å². The van der Waals surface area contributed by atoms with Crippen LogP contribution in [0.4, 0.5) is 0 Å². The summed E-state index contributed by atoms with van der Waals surface area (Å²) in [5.74, 6) is -0.842. The van der Waals surface area contributed by atoms with Crippen LogP contribution in [0.25, 0.3) is 0 Å². The molecule has 1 heterocycles. The van der Waals surface area contributed by atoms with Gasteiger partial charge in [0, 0.05) is 6.42 Å². The van der Waals surface area contributed by atoms with E-state index in [1.165, 1.54) is 6.92 Å². The van der Waals surface area contributed by atoms with E-state index in [4.69, 9.17) is 14.2 Å². The summed E-state index contributed by atoms with van der Waals surface area (Å²) in [6.45, 7) is 4.52. The molecule has 0 aromatic rings. The molecule has 1 aliphatic heterocycles. The van der Waals surface area contributed by atoms with Crippen molar-refractivity contribution in [3.63, 3.8) is 0 Å². The molecule has 104 valence electrons. The summed E-state index contributed by atoms with van der Waals surface area (Å²) in [4.78, 5) is 22.8. The fraction of sp³-hybridized carbons (Fsp3) is 0.846. The quantitative estimate of drug-likeness (QED) is 0.358. The van der Waals surface area contributed by atoms with Crippen LogP contribution in [0.5, 0.6) is 0 Å². The van der Waals surface area contributed by atoms with Gasteiger partial charge in [-0.1, -0.05) is 26.2 Å². The van der Waals surface area contributed by atoms with Crippen LogP contribution in [0.3, 0.4) is 0 Å². The molecular weight excluding hydrogens is 236 g/mol. The number of unbranched alkanes of at least 4 members (excludes halogenated alkanes) is 3. The normalized spacial score (nSPS) is 19.1. The van der Waals surface area contributed by atoms with E-state index in [1.54, 1.807) is 0 Å². The minimum Gasteiger partial charge on any atom is -0.460 e. The van der Waals surface area contributed by atoms with E-state index in [-0.39, 0.29) is 18.7 Å². The van der Waals surface area contributed by atoms with Gasteiger partial charge in [-0.2, -0.15) is 0 Å². The second-order valence-corrected chi connectivity index (χ2v) is 4.53. The molecule has 1 fully saturated rings. The minimum absolute atomic E-state index is 0.0332. The van der Waals surface area contributed by atoms with Gasteiger partial charge in [0.1, 0.15) is 12.7 Å². The first-order valence-corrected chi connectivity index (χ1v) is 6.61. The van der Waals surface area contributed by atoms with Gasteiger partial charge in [-0.3, -0.25) is 4.79 Å². The number of ether oxygens (including phenoxy) is 3. The van der Waals surface area contributed by atoms with Crippen molar-refractivity contribution in [2.75, 3.05) is 13.2 Å². The number of hydrogen-bond donors (Lipinski definition) is 0. The Labute approximate surface area is 108 Å². The van der Waals surface area contributed by atoms with Crippen LogP contribution in [-0.4, -0.2) is 37.4 Å². The zero-order chi connectivity index (χ0) is 13.4. The van der Waals surface area contributed by atoms with E-state index in [0.29, 0.717) is 13.0 Å². The number of carbonyl (C=O) groups is 2. The van der Waals surface area contributed by atoms with Crippen LogP contribution in [-0.2, 0) is 23.8 Å². The van der Waals surface area contributed by atoms with Crippen molar-refractivity contribution in [3.05, 3.63) is 0 Å². The highest BCUT2D eigenvalue weighted by Gasteiger charge is 2.26. The van der Waals surface area contributed by atoms with Crippen molar-refractivity contribution in [2.45, 2.75) is 58.2 Å². The Morgan fingerprint density at radius 1 is 1.33 bits per heavy atom. The van der Waals surface area contributed by atoms with Crippen molar-refractivity contribution in [1.82, 2.24) is 0 Å². The van der Waals surface area contributed by atoms with Crippen molar-refractivity contribution in [1.29, 1.82) is 0 Å². The minimum atomic E-state index is -0.831. The Balaban J connectivity index is 2.06. The third-order valence-electron chi connectivity index (χ3n) is 2.69. The summed E-state index contributed by atoms with van der Waals surface area (Å²) in [7, 11) is 0. The van der Waals surface area contributed by atoms with Gasteiger partial charge >= 0.3 is 11.9 Å². The van der Waals surface area contributed by atoms with Crippen LogP contribution in [0.1, 0.15) is 46.0 Å². The lowest BCUT2D eigenvalue weighted by Gasteiger charge is -2.12. The molecule has 0 spiro atoms. The van der Waals surface area contributed by atoms with Gasteiger partial charge in [0.25, 0.3) is 0 Å². The predicted octanol–water partition coefficient (Wildman–Crippen LogP) is 1.83. The van der Waals surface area contributed by atoms with Gasteiger partial charge in [0.2, 0.25) is 0 Å². The molecule has 0 radical (unpaired) electrons. The Morgan fingerprint density at radius 3 is 2.67 bits per heavy atom. The summed E-state index contributed by atoms with van der Waals surface area (Å²) in [5.41, 5.74) is 0. The monoisotopic (exact) mass is 258 g/mol. The van der Waals surface area contributed by atoms with Gasteiger partial charge < -0.3 is 14.2 Å². The third kappa shape index (κ3) is 6.59. The molecule has 0 N–H and O–H groups in total. The summed E-state index contributed by atoms with van der Waals surface area (Å²) >= 11 is 0. The second-order valence-electron chi connectivity index (χ2n) is 4.53. The van der Waals surface area contributed by atoms with Gasteiger partial charge in [-0.25, -0.2) is 4.79 Å². The molecule has 0 aromatic heterocycles. The molecular formula is C13H22O5. The van der Waals surface area contributed by atoms with Gasteiger partial charge in [-0.15, -0.1) is 0 Å². The highest BCUT2D eigenvalue weighted by atomic mass is 16.6. The Hall–Kier alpha value is -1.10. The first-order valence-electron chi connectivity index (χ1n) is 6.61. The summed E-state index contributed by atoms with van der Waals surface area (Å²) < 4.78 is 14.8. The molecule has 18 heavy (non-hydrogen) atoms. The number of esters is 2. The molecule has 0 bridgehead atoms. The summed E-state index contributed by atoms with van der Waals surface area (Å²) in [6, 6.07) is 0. The molecule has 1 rings (SSSR count). The molecule has 1 aliphatic rings. The van der Waals surface area contributed by atoms with Crippen molar-refractivity contribution >= 4 is 11.9 Å². The molecule has 0 aliphatic carbocycles. The lowest BCUT2D eigenvalue weighted by atomic mass is 10.1. The van der Waals surface area contributed by atoms with Crippen LogP contribution in [0.2, 0.25) is 0 Å². The highest BCUT2D eigenvalue weighted by Crippen LogP contribution is 2.10. The smallest absolute Gasteiger partial charge is 0.347 e. The maximum absolute atomic E-state index is 11.4. The van der Waals surface area contributed by atoms with E-state index < -0.39 is 12.1 Å². The molecule has 2 unspecified atom stereocenters. The standard InChI is InChI=1S/C13H22O5/c1-3-4-5-6-7-12(14)18-10(2)13(15)17-9-11-8-16-11/h10-11H,3-9H2,1-2H3. The predicted molar refractivity (Wildman–Crippen MR) is 65.0 cm³/mol. The molecule has 1 saturated heterocycles. The summed E-state index contributed by atoms with van der Waals surface area (Å²) in [6.07, 6.45) is 3.64. The lowest BCUT2D eigenvalue weighted by Crippen LogP contribution is -2.27. The first kappa shape index (κ1) is 15.0. The van der Waals surface area contributed by atoms with Gasteiger partial charge in [0.15, 0.2) is 6.10 Å². The van der Waals surface area contributed by atoms with Gasteiger partial charge in [-0.05, 0) is 13.3 Å². The van der Waals surface area contributed by atoms with Crippen LogP contribution >= 0.6 is 0 Å². The number of rotatable bonds is 9. The van der Waals surface area contributed by atoms with E-state index in [9.17, 15) is 9.59 Å². The highest BCUT2D eigenvalue weighted by molar-refractivity contribution is 5.79. The second kappa shape index (κ2) is 8.08. The largest absolute Gasteiger partial charge is 0.460 e. The first-order chi connectivity index (χ1) is 8.63. The zero-order valence-electron chi connectivity index (χ0n) is 11.1. The van der Waals surface area contributed by atoms with E-state index in [0.717, 1.165) is 25.7 Å². The maximum atomic E-state index is 11.4. The van der Waals surface area contributed by atoms with E-state index in [2.05, 4.69) is 6.92 Å². The average Bonchev–Trinajstić information content (AvgIpc) is 3.15.